The van der Waals surface area contributed by atoms with Gasteiger partial charge in [-0.3, -0.25) is 4.79 Å². The van der Waals surface area contributed by atoms with Crippen LogP contribution in [-0.4, -0.2) is 16.0 Å². The summed E-state index contributed by atoms with van der Waals surface area (Å²) in [6.07, 6.45) is 0. The highest BCUT2D eigenvalue weighted by molar-refractivity contribution is 7.15. The van der Waals surface area contributed by atoms with Gasteiger partial charge in [-0.15, -0.1) is 10.2 Å². The van der Waals surface area contributed by atoms with Gasteiger partial charge in [-0.1, -0.05) is 53.8 Å². The smallest absolute Gasteiger partial charge is 0.260 e. The molecule has 4 aromatic rings. The molecule has 0 fully saturated rings. The number of hydrogen-bond donors (Lipinski definition) is 2. The zero-order valence-electron chi connectivity index (χ0n) is 15.8. The standard InChI is InChI=1S/C22H15N5O2S/c1-13-18(12-23)30-22(24-13)27-26-17-11-14-7-5-6-10-16(14)19(20(17)28)21(29)25-15-8-3-2-4-9-15/h2-11,28H,1H3,(H,25,29)/b27-26+. The van der Waals surface area contributed by atoms with Gasteiger partial charge in [0.05, 0.1) is 11.3 Å². The first-order valence-electron chi connectivity index (χ1n) is 8.97. The van der Waals surface area contributed by atoms with Crippen LogP contribution >= 0.6 is 11.3 Å². The van der Waals surface area contributed by atoms with Crippen molar-refractivity contribution in [3.63, 3.8) is 0 Å². The second-order valence-electron chi connectivity index (χ2n) is 6.38. The maximum atomic E-state index is 13.0. The molecule has 0 spiro atoms. The number of nitrogens with zero attached hydrogens (tertiary/aromatic N) is 4. The van der Waals surface area contributed by atoms with Gasteiger partial charge in [0.1, 0.15) is 16.6 Å². The number of phenolic OH excluding ortho intramolecular Hbond substituents is 1. The third-order valence-corrected chi connectivity index (χ3v) is 5.34. The first-order valence-corrected chi connectivity index (χ1v) is 9.79. The summed E-state index contributed by atoms with van der Waals surface area (Å²) in [4.78, 5) is 17.6. The van der Waals surface area contributed by atoms with Crippen LogP contribution in [0.25, 0.3) is 10.8 Å². The number of aromatic nitrogens is 1. The van der Waals surface area contributed by atoms with Crippen LogP contribution in [0.5, 0.6) is 5.75 Å². The highest BCUT2D eigenvalue weighted by Gasteiger charge is 2.19. The monoisotopic (exact) mass is 413 g/mol. The average molecular weight is 413 g/mol. The first-order chi connectivity index (χ1) is 14.6. The number of carbonyl (C=O) groups excluding carboxylic acids is 1. The topological polar surface area (TPSA) is 111 Å². The van der Waals surface area contributed by atoms with Gasteiger partial charge in [0, 0.05) is 5.69 Å². The van der Waals surface area contributed by atoms with E-state index in [1.165, 1.54) is 0 Å². The molecule has 1 amide bonds. The summed E-state index contributed by atoms with van der Waals surface area (Å²) >= 11 is 1.11. The van der Waals surface area contributed by atoms with Crippen LogP contribution < -0.4 is 5.32 Å². The van der Waals surface area contributed by atoms with Crippen LogP contribution in [0.15, 0.2) is 70.9 Å². The Labute approximate surface area is 176 Å². The number of rotatable bonds is 4. The molecule has 0 atom stereocenters. The van der Waals surface area contributed by atoms with E-state index in [9.17, 15) is 9.90 Å². The normalized spacial score (nSPS) is 10.9. The Bertz CT molecular complexity index is 1320. The van der Waals surface area contributed by atoms with Gasteiger partial charge in [-0.2, -0.15) is 5.26 Å². The summed E-state index contributed by atoms with van der Waals surface area (Å²) in [6.45, 7) is 1.72. The maximum Gasteiger partial charge on any atom is 0.260 e. The first kappa shape index (κ1) is 19.2. The fraction of sp³-hybridized carbons (Fsp3) is 0.0455. The molecule has 4 rings (SSSR count). The van der Waals surface area contributed by atoms with Crippen LogP contribution in [-0.2, 0) is 0 Å². The number of aryl methyl sites for hydroxylation is 1. The van der Waals surface area contributed by atoms with E-state index in [1.807, 2.05) is 36.4 Å². The molecule has 0 radical (unpaired) electrons. The van der Waals surface area contributed by atoms with Gasteiger partial charge in [-0.05, 0) is 35.9 Å². The van der Waals surface area contributed by atoms with Gasteiger partial charge in [0.25, 0.3) is 5.91 Å². The number of nitrogens with one attached hydrogen (secondary N) is 1. The Kier molecular flexibility index (Phi) is 5.20. The molecule has 0 aliphatic rings. The molecule has 8 heteroatoms. The highest BCUT2D eigenvalue weighted by Crippen LogP contribution is 2.38. The Morgan fingerprint density at radius 1 is 1.13 bits per heavy atom. The van der Waals surface area contributed by atoms with E-state index in [-0.39, 0.29) is 17.0 Å². The number of nitriles is 1. The van der Waals surface area contributed by atoms with E-state index >= 15 is 0 Å². The van der Waals surface area contributed by atoms with Crippen LogP contribution in [0.4, 0.5) is 16.5 Å². The van der Waals surface area contributed by atoms with E-state index < -0.39 is 5.91 Å². The minimum absolute atomic E-state index is 0.110. The quantitative estimate of drug-likeness (QED) is 0.409. The number of azo groups is 1. The number of benzene rings is 3. The van der Waals surface area contributed by atoms with Crippen molar-refractivity contribution in [1.82, 2.24) is 4.98 Å². The van der Waals surface area contributed by atoms with E-state index in [4.69, 9.17) is 5.26 Å². The molecule has 0 aliphatic heterocycles. The number of fused-ring (bicyclic) bond motifs is 1. The lowest BCUT2D eigenvalue weighted by molar-refractivity contribution is 0.102. The summed E-state index contributed by atoms with van der Waals surface area (Å²) < 4.78 is 0. The average Bonchev–Trinajstić information content (AvgIpc) is 3.12. The number of thiazole rings is 1. The minimum atomic E-state index is -0.455. The summed E-state index contributed by atoms with van der Waals surface area (Å²) in [5.41, 5.74) is 1.43. The number of anilines is 1. The SMILES string of the molecule is Cc1nc(/N=N/c2cc3ccccc3c(C(=O)Nc3ccccc3)c2O)sc1C#N. The van der Waals surface area contributed by atoms with Gasteiger partial charge >= 0.3 is 0 Å². The van der Waals surface area contributed by atoms with Crippen LogP contribution in [0.3, 0.4) is 0 Å². The lowest BCUT2D eigenvalue weighted by Crippen LogP contribution is -2.12. The molecule has 146 valence electrons. The third-order valence-electron chi connectivity index (χ3n) is 4.39. The van der Waals surface area contributed by atoms with Crippen molar-refractivity contribution in [2.75, 3.05) is 5.32 Å². The fourth-order valence-corrected chi connectivity index (χ4v) is 3.65. The molecule has 30 heavy (non-hydrogen) atoms. The summed E-state index contributed by atoms with van der Waals surface area (Å²) in [7, 11) is 0. The Balaban J connectivity index is 1.78. The van der Waals surface area contributed by atoms with Crippen molar-refractivity contribution in [1.29, 1.82) is 5.26 Å². The number of para-hydroxylation sites is 1. The third kappa shape index (κ3) is 3.74. The zero-order chi connectivity index (χ0) is 21.1. The Morgan fingerprint density at radius 3 is 2.60 bits per heavy atom. The zero-order valence-corrected chi connectivity index (χ0v) is 16.6. The Hall–Kier alpha value is -4.09. The van der Waals surface area contributed by atoms with Gasteiger partial charge < -0.3 is 10.4 Å². The second kappa shape index (κ2) is 8.11. The van der Waals surface area contributed by atoms with Crippen molar-refractivity contribution in [3.8, 4) is 11.8 Å². The molecule has 0 saturated heterocycles. The highest BCUT2D eigenvalue weighted by atomic mass is 32.1. The number of carbonyl (C=O) groups is 1. The molecule has 0 aliphatic carbocycles. The maximum absolute atomic E-state index is 13.0. The van der Waals surface area contributed by atoms with Crippen molar-refractivity contribution in [2.45, 2.75) is 6.92 Å². The van der Waals surface area contributed by atoms with E-state index in [0.29, 0.717) is 26.8 Å². The van der Waals surface area contributed by atoms with Crippen molar-refractivity contribution >= 4 is 44.5 Å². The van der Waals surface area contributed by atoms with E-state index in [0.717, 1.165) is 16.7 Å². The van der Waals surface area contributed by atoms with Gasteiger partial charge in [-0.25, -0.2) is 4.98 Å². The molecule has 7 nitrogen and oxygen atoms in total. The number of hydrogen-bond acceptors (Lipinski definition) is 7. The number of phenols is 1. The minimum Gasteiger partial charge on any atom is -0.505 e. The summed E-state index contributed by atoms with van der Waals surface area (Å²) in [6, 6.07) is 19.9. The van der Waals surface area contributed by atoms with Crippen molar-refractivity contribution < 1.29 is 9.90 Å². The fourth-order valence-electron chi connectivity index (χ4n) is 2.97. The predicted octanol–water partition coefficient (Wildman–Crippen LogP) is 5.85. The molecule has 2 N–H and O–H groups in total. The predicted molar refractivity (Wildman–Crippen MR) is 116 cm³/mol. The largest absolute Gasteiger partial charge is 0.505 e. The molecule has 0 unspecified atom stereocenters. The number of aromatic hydroxyl groups is 1. The summed E-state index contributed by atoms with van der Waals surface area (Å²) in [5.74, 6) is -0.733. The van der Waals surface area contributed by atoms with Crippen LogP contribution in [0.2, 0.25) is 0 Å². The molecule has 1 heterocycles. The summed E-state index contributed by atoms with van der Waals surface area (Å²) in [5, 5.41) is 32.5. The van der Waals surface area contributed by atoms with Gasteiger partial charge in [0.2, 0.25) is 5.13 Å². The van der Waals surface area contributed by atoms with Crippen molar-refractivity contribution in [3.05, 3.63) is 76.8 Å². The second-order valence-corrected chi connectivity index (χ2v) is 7.36. The van der Waals surface area contributed by atoms with Crippen LogP contribution in [0, 0.1) is 18.3 Å². The molecule has 3 aromatic carbocycles. The molecular weight excluding hydrogens is 398 g/mol. The Morgan fingerprint density at radius 2 is 1.87 bits per heavy atom. The van der Waals surface area contributed by atoms with E-state index in [1.54, 1.807) is 37.3 Å². The van der Waals surface area contributed by atoms with E-state index in [2.05, 4.69) is 20.5 Å². The van der Waals surface area contributed by atoms with Gasteiger partial charge in [0.15, 0.2) is 5.75 Å². The number of amides is 1. The molecule has 0 saturated carbocycles. The molecule has 0 bridgehead atoms. The van der Waals surface area contributed by atoms with Crippen molar-refractivity contribution in [2.24, 2.45) is 10.2 Å². The molecular formula is C22H15N5O2S. The molecule has 1 aromatic heterocycles. The lowest BCUT2D eigenvalue weighted by Gasteiger charge is -2.11. The lowest BCUT2D eigenvalue weighted by atomic mass is 10.0. The van der Waals surface area contributed by atoms with Crippen LogP contribution in [0.1, 0.15) is 20.9 Å².